The van der Waals surface area contributed by atoms with Gasteiger partial charge in [-0.05, 0) is 36.6 Å². The number of carbonyl (C=O) groups is 2. The zero-order valence-corrected chi connectivity index (χ0v) is 13.2. The smallest absolute Gasteiger partial charge is 0.326 e. The fourth-order valence-electron chi connectivity index (χ4n) is 2.25. The van der Waals surface area contributed by atoms with Crippen LogP contribution in [0.25, 0.3) is 0 Å². The van der Waals surface area contributed by atoms with Crippen LogP contribution in [0.3, 0.4) is 0 Å². The summed E-state index contributed by atoms with van der Waals surface area (Å²) in [5, 5.41) is 14.5. The van der Waals surface area contributed by atoms with Gasteiger partial charge in [-0.25, -0.2) is 9.59 Å². The summed E-state index contributed by atoms with van der Waals surface area (Å²) < 4.78 is 0. The van der Waals surface area contributed by atoms with Crippen molar-refractivity contribution in [3.8, 4) is 0 Å². The topological polar surface area (TPSA) is 78.4 Å². The Morgan fingerprint density at radius 1 is 1.04 bits per heavy atom. The van der Waals surface area contributed by atoms with Crippen molar-refractivity contribution in [3.63, 3.8) is 0 Å². The molecule has 23 heavy (non-hydrogen) atoms. The van der Waals surface area contributed by atoms with E-state index in [0.717, 1.165) is 16.7 Å². The second kappa shape index (κ2) is 7.45. The number of rotatable bonds is 5. The number of carboxylic acid groups (broad SMARTS) is 1. The third kappa shape index (κ3) is 4.57. The number of carbonyl (C=O) groups excluding carboxylic acids is 1. The molecule has 3 N–H and O–H groups in total. The molecule has 0 aliphatic heterocycles. The molecule has 1 atom stereocenters. The number of anilines is 1. The maximum Gasteiger partial charge on any atom is 0.326 e. The largest absolute Gasteiger partial charge is 0.480 e. The summed E-state index contributed by atoms with van der Waals surface area (Å²) >= 11 is 0. The van der Waals surface area contributed by atoms with E-state index in [1.165, 1.54) is 0 Å². The molecular formula is C18H20N2O3. The second-order valence-corrected chi connectivity index (χ2v) is 5.43. The van der Waals surface area contributed by atoms with Gasteiger partial charge in [0.1, 0.15) is 6.04 Å². The van der Waals surface area contributed by atoms with Crippen LogP contribution < -0.4 is 10.6 Å². The molecule has 0 fully saturated rings. The molecule has 2 rings (SSSR count). The summed E-state index contributed by atoms with van der Waals surface area (Å²) in [6.07, 6.45) is 0.233. The van der Waals surface area contributed by atoms with Crippen LogP contribution in [0.4, 0.5) is 10.5 Å². The van der Waals surface area contributed by atoms with E-state index < -0.39 is 18.0 Å². The Morgan fingerprint density at radius 3 is 2.39 bits per heavy atom. The summed E-state index contributed by atoms with van der Waals surface area (Å²) in [5.41, 5.74) is 3.54. The Kier molecular flexibility index (Phi) is 5.36. The van der Waals surface area contributed by atoms with Gasteiger partial charge in [-0.1, -0.05) is 42.5 Å². The van der Waals surface area contributed by atoms with E-state index in [-0.39, 0.29) is 6.42 Å². The molecule has 1 unspecified atom stereocenters. The van der Waals surface area contributed by atoms with Gasteiger partial charge >= 0.3 is 12.0 Å². The minimum Gasteiger partial charge on any atom is -0.480 e. The quantitative estimate of drug-likeness (QED) is 0.793. The first-order valence-electron chi connectivity index (χ1n) is 7.38. The minimum absolute atomic E-state index is 0.233. The van der Waals surface area contributed by atoms with E-state index in [0.29, 0.717) is 5.69 Å². The molecule has 0 spiro atoms. The number of nitrogens with one attached hydrogen (secondary N) is 2. The van der Waals surface area contributed by atoms with E-state index in [2.05, 4.69) is 10.6 Å². The van der Waals surface area contributed by atoms with E-state index >= 15 is 0 Å². The molecule has 2 aromatic rings. The van der Waals surface area contributed by atoms with Crippen LogP contribution in [-0.2, 0) is 11.2 Å². The second-order valence-electron chi connectivity index (χ2n) is 5.43. The van der Waals surface area contributed by atoms with Gasteiger partial charge in [0.2, 0.25) is 0 Å². The lowest BCUT2D eigenvalue weighted by Crippen LogP contribution is -2.44. The minimum atomic E-state index is -1.06. The van der Waals surface area contributed by atoms with Crippen LogP contribution in [0.1, 0.15) is 16.7 Å². The van der Waals surface area contributed by atoms with Crippen molar-refractivity contribution in [1.82, 2.24) is 5.32 Å². The Hall–Kier alpha value is -2.82. The van der Waals surface area contributed by atoms with Crippen molar-refractivity contribution >= 4 is 17.7 Å². The van der Waals surface area contributed by atoms with Gasteiger partial charge in [-0.15, -0.1) is 0 Å². The summed E-state index contributed by atoms with van der Waals surface area (Å²) in [6.45, 7) is 3.86. The molecule has 2 amide bonds. The Balaban J connectivity index is 2.03. The average Bonchev–Trinajstić information content (AvgIpc) is 2.52. The van der Waals surface area contributed by atoms with Gasteiger partial charge in [-0.2, -0.15) is 0 Å². The molecule has 5 nitrogen and oxygen atoms in total. The first-order valence-corrected chi connectivity index (χ1v) is 7.38. The SMILES string of the molecule is Cc1cccc(NC(=O)NC(Cc2ccccc2)C(=O)O)c1C. The van der Waals surface area contributed by atoms with Crippen molar-refractivity contribution in [3.05, 3.63) is 65.2 Å². The fourth-order valence-corrected chi connectivity index (χ4v) is 2.25. The Morgan fingerprint density at radius 2 is 1.74 bits per heavy atom. The summed E-state index contributed by atoms with van der Waals surface area (Å²) in [5.74, 6) is -1.06. The Bertz CT molecular complexity index is 699. The van der Waals surface area contributed by atoms with Gasteiger partial charge < -0.3 is 15.7 Å². The number of urea groups is 1. The van der Waals surface area contributed by atoms with Crippen LogP contribution in [-0.4, -0.2) is 23.1 Å². The molecule has 2 aromatic carbocycles. The van der Waals surface area contributed by atoms with Crippen molar-refractivity contribution < 1.29 is 14.7 Å². The molecule has 120 valence electrons. The highest BCUT2D eigenvalue weighted by Gasteiger charge is 2.20. The molecule has 0 heterocycles. The zero-order chi connectivity index (χ0) is 16.8. The van der Waals surface area contributed by atoms with Crippen LogP contribution in [0.5, 0.6) is 0 Å². The van der Waals surface area contributed by atoms with Crippen molar-refractivity contribution in [2.24, 2.45) is 0 Å². The number of hydrogen-bond donors (Lipinski definition) is 3. The highest BCUT2D eigenvalue weighted by molar-refractivity contribution is 5.93. The lowest BCUT2D eigenvalue weighted by molar-refractivity contribution is -0.139. The van der Waals surface area contributed by atoms with Gasteiger partial charge in [0.15, 0.2) is 0 Å². The third-order valence-corrected chi connectivity index (χ3v) is 3.74. The first-order chi connectivity index (χ1) is 11.0. The van der Waals surface area contributed by atoms with Gasteiger partial charge in [-0.3, -0.25) is 0 Å². The number of aryl methyl sites for hydroxylation is 1. The van der Waals surface area contributed by atoms with Crippen LogP contribution in [0.2, 0.25) is 0 Å². The van der Waals surface area contributed by atoms with E-state index in [9.17, 15) is 14.7 Å². The van der Waals surface area contributed by atoms with Crippen molar-refractivity contribution in [2.75, 3.05) is 5.32 Å². The lowest BCUT2D eigenvalue weighted by atomic mass is 10.1. The molecular weight excluding hydrogens is 292 g/mol. The molecule has 0 radical (unpaired) electrons. The summed E-state index contributed by atoms with van der Waals surface area (Å²) in [7, 11) is 0. The predicted octanol–water partition coefficient (Wildman–Crippen LogP) is 3.12. The number of aliphatic carboxylic acids is 1. The van der Waals surface area contributed by atoms with Crippen LogP contribution in [0.15, 0.2) is 48.5 Å². The monoisotopic (exact) mass is 312 g/mol. The number of carboxylic acids is 1. The standard InChI is InChI=1S/C18H20N2O3/c1-12-7-6-10-15(13(12)2)19-18(23)20-16(17(21)22)11-14-8-4-3-5-9-14/h3-10,16H,11H2,1-2H3,(H,21,22)(H2,19,20,23). The average molecular weight is 312 g/mol. The van der Waals surface area contributed by atoms with Crippen LogP contribution >= 0.6 is 0 Å². The maximum atomic E-state index is 12.1. The first kappa shape index (κ1) is 16.5. The zero-order valence-electron chi connectivity index (χ0n) is 13.2. The Labute approximate surface area is 135 Å². The highest BCUT2D eigenvalue weighted by Crippen LogP contribution is 2.17. The normalized spacial score (nSPS) is 11.6. The molecule has 0 aliphatic rings. The molecule has 0 aromatic heterocycles. The molecule has 0 aliphatic carbocycles. The lowest BCUT2D eigenvalue weighted by Gasteiger charge is -2.16. The van der Waals surface area contributed by atoms with Gasteiger partial charge in [0.05, 0.1) is 0 Å². The number of hydrogen-bond acceptors (Lipinski definition) is 2. The maximum absolute atomic E-state index is 12.1. The van der Waals surface area contributed by atoms with Crippen LogP contribution in [0, 0.1) is 13.8 Å². The van der Waals surface area contributed by atoms with E-state index in [1.54, 1.807) is 6.07 Å². The van der Waals surface area contributed by atoms with Crippen molar-refractivity contribution in [1.29, 1.82) is 0 Å². The van der Waals surface area contributed by atoms with Gasteiger partial charge in [0, 0.05) is 12.1 Å². The molecule has 0 saturated carbocycles. The fraction of sp³-hybridized carbons (Fsp3) is 0.222. The van der Waals surface area contributed by atoms with Gasteiger partial charge in [0.25, 0.3) is 0 Å². The van der Waals surface area contributed by atoms with E-state index in [4.69, 9.17) is 0 Å². The third-order valence-electron chi connectivity index (χ3n) is 3.74. The molecule has 5 heteroatoms. The van der Waals surface area contributed by atoms with E-state index in [1.807, 2.05) is 56.3 Å². The summed E-state index contributed by atoms with van der Waals surface area (Å²) in [6, 6.07) is 13.3. The number of amides is 2. The highest BCUT2D eigenvalue weighted by atomic mass is 16.4. The van der Waals surface area contributed by atoms with Crippen molar-refractivity contribution in [2.45, 2.75) is 26.3 Å². The molecule has 0 bridgehead atoms. The molecule has 0 saturated heterocycles. The number of benzene rings is 2. The predicted molar refractivity (Wildman–Crippen MR) is 89.6 cm³/mol. The summed E-state index contributed by atoms with van der Waals surface area (Å²) in [4.78, 5) is 23.5.